The highest BCUT2D eigenvalue weighted by molar-refractivity contribution is 6.30. The van der Waals surface area contributed by atoms with Gasteiger partial charge in [-0.1, -0.05) is 41.6 Å². The Bertz CT molecular complexity index is 928. The normalized spacial score (nSPS) is 11.1. The number of halogens is 1. The van der Waals surface area contributed by atoms with Crippen LogP contribution in [0.15, 0.2) is 42.5 Å². The highest BCUT2D eigenvalue weighted by Crippen LogP contribution is 2.28. The number of rotatable bonds is 12. The molecule has 0 aliphatic heterocycles. The largest absolute Gasteiger partial charge is 0.493 e. The summed E-state index contributed by atoms with van der Waals surface area (Å²) in [6, 6.07) is 13.1. The molecule has 1 N–H and O–H groups in total. The van der Waals surface area contributed by atoms with E-state index in [1.165, 1.54) is 0 Å². The number of nitrogens with one attached hydrogen (secondary N) is 1. The summed E-state index contributed by atoms with van der Waals surface area (Å²) >= 11 is 5.92. The minimum atomic E-state index is -0.624. The quantitative estimate of drug-likeness (QED) is 0.513. The van der Waals surface area contributed by atoms with Crippen LogP contribution in [0.25, 0.3) is 0 Å². The van der Waals surface area contributed by atoms with Gasteiger partial charge in [0.2, 0.25) is 5.91 Å². The minimum absolute atomic E-state index is 0.0784. The summed E-state index contributed by atoms with van der Waals surface area (Å²) in [5.74, 6) is 5.82. The first-order chi connectivity index (χ1) is 15.1. The number of methoxy groups -OCH3 is 1. The van der Waals surface area contributed by atoms with Gasteiger partial charge in [-0.2, -0.15) is 0 Å². The number of carbonyl (C=O) groups excluding carboxylic acids is 1. The van der Waals surface area contributed by atoms with Crippen LogP contribution < -0.4 is 14.8 Å². The van der Waals surface area contributed by atoms with Gasteiger partial charge in [0, 0.05) is 11.6 Å². The fourth-order valence-electron chi connectivity index (χ4n) is 2.94. The fourth-order valence-corrected chi connectivity index (χ4v) is 3.06. The molecule has 1 amide bonds. The standard InChI is InChI=1S/C25H26ClNO4/c1-4-16-30-22-12-9-20(18-24(22)29-3)14-15-27-25(28)23(31-17-5-2)13-8-19-6-10-21(26)11-7-19/h1-2,6-7,9-12,18,23H,8,13-17H2,3H3,(H,27,28)/t23-/m1/s1. The van der Waals surface area contributed by atoms with Gasteiger partial charge in [-0.3, -0.25) is 4.79 Å². The highest BCUT2D eigenvalue weighted by Gasteiger charge is 2.18. The lowest BCUT2D eigenvalue weighted by Crippen LogP contribution is -2.38. The number of benzene rings is 2. The summed E-state index contributed by atoms with van der Waals surface area (Å²) in [5.41, 5.74) is 2.07. The van der Waals surface area contributed by atoms with Crippen LogP contribution in [-0.2, 0) is 22.4 Å². The number of hydrogen-bond acceptors (Lipinski definition) is 4. The van der Waals surface area contributed by atoms with Gasteiger partial charge in [0.15, 0.2) is 11.5 Å². The van der Waals surface area contributed by atoms with Crippen molar-refractivity contribution < 1.29 is 19.0 Å². The van der Waals surface area contributed by atoms with E-state index in [4.69, 9.17) is 38.7 Å². The first-order valence-corrected chi connectivity index (χ1v) is 10.3. The Balaban J connectivity index is 1.89. The van der Waals surface area contributed by atoms with Crippen LogP contribution in [0.4, 0.5) is 0 Å². The molecule has 6 heteroatoms. The van der Waals surface area contributed by atoms with E-state index in [0.29, 0.717) is 42.3 Å². The van der Waals surface area contributed by atoms with E-state index in [0.717, 1.165) is 11.1 Å². The Morgan fingerprint density at radius 2 is 1.74 bits per heavy atom. The zero-order chi connectivity index (χ0) is 22.5. The topological polar surface area (TPSA) is 56.8 Å². The van der Waals surface area contributed by atoms with Crippen LogP contribution >= 0.6 is 11.6 Å². The molecule has 0 saturated heterocycles. The van der Waals surface area contributed by atoms with Gasteiger partial charge in [-0.05, 0) is 54.7 Å². The molecule has 0 saturated carbocycles. The lowest BCUT2D eigenvalue weighted by atomic mass is 10.1. The van der Waals surface area contributed by atoms with Crippen molar-refractivity contribution in [3.63, 3.8) is 0 Å². The zero-order valence-electron chi connectivity index (χ0n) is 17.5. The van der Waals surface area contributed by atoms with Crippen molar-refractivity contribution in [3.8, 4) is 36.2 Å². The third-order valence-electron chi connectivity index (χ3n) is 4.52. The van der Waals surface area contributed by atoms with Gasteiger partial charge in [0.05, 0.1) is 7.11 Å². The Labute approximate surface area is 189 Å². The molecule has 1 atom stereocenters. The van der Waals surface area contributed by atoms with Crippen LogP contribution in [0.3, 0.4) is 0 Å². The lowest BCUT2D eigenvalue weighted by Gasteiger charge is -2.17. The van der Waals surface area contributed by atoms with E-state index in [2.05, 4.69) is 17.2 Å². The SMILES string of the molecule is C#CCOc1ccc(CCNC(=O)[C@@H](CCc2ccc(Cl)cc2)OCC#C)cc1OC. The van der Waals surface area contributed by atoms with Crippen molar-refractivity contribution in [2.24, 2.45) is 0 Å². The predicted octanol–water partition coefficient (Wildman–Crippen LogP) is 3.67. The van der Waals surface area contributed by atoms with Crippen LogP contribution in [0, 0.1) is 24.7 Å². The molecule has 2 rings (SSSR count). The Kier molecular flexibility index (Phi) is 10.3. The third-order valence-corrected chi connectivity index (χ3v) is 4.77. The van der Waals surface area contributed by atoms with Crippen LogP contribution in [0.5, 0.6) is 11.5 Å². The molecule has 162 valence electrons. The molecule has 0 fully saturated rings. The van der Waals surface area contributed by atoms with Crippen molar-refractivity contribution in [1.29, 1.82) is 0 Å². The first kappa shape index (κ1) is 24.2. The summed E-state index contributed by atoms with van der Waals surface area (Å²) in [7, 11) is 1.57. The molecule has 31 heavy (non-hydrogen) atoms. The summed E-state index contributed by atoms with van der Waals surface area (Å²) < 4.78 is 16.4. The Morgan fingerprint density at radius 1 is 1.03 bits per heavy atom. The van der Waals surface area contributed by atoms with Gasteiger partial charge in [0.25, 0.3) is 0 Å². The second-order valence-corrected chi connectivity index (χ2v) is 7.12. The van der Waals surface area contributed by atoms with E-state index in [1.54, 1.807) is 13.2 Å². The molecule has 0 aliphatic rings. The zero-order valence-corrected chi connectivity index (χ0v) is 18.3. The second-order valence-electron chi connectivity index (χ2n) is 6.69. The van der Waals surface area contributed by atoms with Crippen molar-refractivity contribution >= 4 is 17.5 Å². The number of hydrogen-bond donors (Lipinski definition) is 1. The van der Waals surface area contributed by atoms with E-state index in [9.17, 15) is 4.79 Å². The molecule has 0 heterocycles. The van der Waals surface area contributed by atoms with Crippen molar-refractivity contribution in [1.82, 2.24) is 5.32 Å². The molecule has 2 aromatic rings. The molecular formula is C25H26ClNO4. The maximum Gasteiger partial charge on any atom is 0.249 e. The van der Waals surface area contributed by atoms with Crippen LogP contribution in [0.1, 0.15) is 17.5 Å². The van der Waals surface area contributed by atoms with E-state index in [1.807, 2.05) is 36.4 Å². The molecule has 0 unspecified atom stereocenters. The van der Waals surface area contributed by atoms with E-state index < -0.39 is 6.10 Å². The summed E-state index contributed by atoms with van der Waals surface area (Å²) in [4.78, 5) is 12.6. The number of amides is 1. The van der Waals surface area contributed by atoms with Crippen molar-refractivity contribution in [3.05, 3.63) is 58.6 Å². The lowest BCUT2D eigenvalue weighted by molar-refractivity contribution is -0.132. The Hall–Kier alpha value is -3.12. The van der Waals surface area contributed by atoms with Gasteiger partial charge in [-0.25, -0.2) is 0 Å². The van der Waals surface area contributed by atoms with Crippen molar-refractivity contribution in [2.45, 2.75) is 25.4 Å². The summed E-state index contributed by atoms with van der Waals surface area (Å²) in [6.07, 6.45) is 11.7. The average molecular weight is 440 g/mol. The van der Waals surface area contributed by atoms with Gasteiger partial charge < -0.3 is 19.5 Å². The summed E-state index contributed by atoms with van der Waals surface area (Å²) in [5, 5.41) is 3.59. The number of carbonyl (C=O) groups is 1. The maximum atomic E-state index is 12.6. The smallest absolute Gasteiger partial charge is 0.249 e. The number of terminal acetylenes is 2. The number of ether oxygens (including phenoxy) is 3. The molecule has 0 bridgehead atoms. The highest BCUT2D eigenvalue weighted by atomic mass is 35.5. The number of aryl methyl sites for hydroxylation is 1. The molecule has 5 nitrogen and oxygen atoms in total. The van der Waals surface area contributed by atoms with Gasteiger partial charge in [-0.15, -0.1) is 12.8 Å². The molecule has 0 spiro atoms. The third kappa shape index (κ3) is 8.26. The molecule has 0 aromatic heterocycles. The average Bonchev–Trinajstić information content (AvgIpc) is 2.79. The molecule has 2 aromatic carbocycles. The molecule has 0 radical (unpaired) electrons. The summed E-state index contributed by atoms with van der Waals surface area (Å²) in [6.45, 7) is 0.694. The van der Waals surface area contributed by atoms with Crippen LogP contribution in [-0.4, -0.2) is 38.9 Å². The minimum Gasteiger partial charge on any atom is -0.493 e. The Morgan fingerprint density at radius 3 is 2.42 bits per heavy atom. The fraction of sp³-hybridized carbons (Fsp3) is 0.320. The van der Waals surface area contributed by atoms with Crippen LogP contribution in [0.2, 0.25) is 5.02 Å². The monoisotopic (exact) mass is 439 g/mol. The van der Waals surface area contributed by atoms with E-state index >= 15 is 0 Å². The van der Waals surface area contributed by atoms with E-state index in [-0.39, 0.29) is 19.1 Å². The van der Waals surface area contributed by atoms with Crippen molar-refractivity contribution in [2.75, 3.05) is 26.9 Å². The second kappa shape index (κ2) is 13.2. The first-order valence-electron chi connectivity index (χ1n) is 9.87. The predicted molar refractivity (Wildman–Crippen MR) is 122 cm³/mol. The molecule has 0 aliphatic carbocycles. The maximum absolute atomic E-state index is 12.6. The van der Waals surface area contributed by atoms with Gasteiger partial charge in [0.1, 0.15) is 19.3 Å². The molecular weight excluding hydrogens is 414 g/mol. The van der Waals surface area contributed by atoms with Gasteiger partial charge >= 0.3 is 0 Å².